The van der Waals surface area contributed by atoms with Crippen LogP contribution in [0, 0.1) is 13.8 Å². The predicted molar refractivity (Wildman–Crippen MR) is 67.6 cm³/mol. The van der Waals surface area contributed by atoms with Gasteiger partial charge in [0, 0.05) is 6.04 Å². The summed E-state index contributed by atoms with van der Waals surface area (Å²) in [6.45, 7) is 7.11. The third-order valence-electron chi connectivity index (χ3n) is 2.78. The topological polar surface area (TPSA) is 53.6 Å². The van der Waals surface area contributed by atoms with E-state index in [0.29, 0.717) is 12.6 Å². The highest BCUT2D eigenvalue weighted by Crippen LogP contribution is 2.16. The minimum atomic E-state index is 0.304. The van der Waals surface area contributed by atoms with Gasteiger partial charge in [0.1, 0.15) is 12.2 Å². The first-order chi connectivity index (χ1) is 8.15. The molecule has 1 heterocycles. The monoisotopic (exact) mass is 230 g/mol. The molecule has 1 aromatic carbocycles. The number of aryl methyl sites for hydroxylation is 2. The van der Waals surface area contributed by atoms with Crippen LogP contribution in [-0.2, 0) is 6.54 Å². The highest BCUT2D eigenvalue weighted by atomic mass is 15.2. The van der Waals surface area contributed by atoms with Gasteiger partial charge >= 0.3 is 0 Å². The molecule has 1 aromatic heterocycles. The summed E-state index contributed by atoms with van der Waals surface area (Å²) >= 11 is 0. The van der Waals surface area contributed by atoms with E-state index in [4.69, 9.17) is 0 Å². The minimum absolute atomic E-state index is 0.304. The second kappa shape index (κ2) is 5.10. The van der Waals surface area contributed by atoms with Crippen LogP contribution in [-0.4, -0.2) is 15.2 Å². The molecule has 0 bridgehead atoms. The number of aromatic amines is 1. The van der Waals surface area contributed by atoms with E-state index in [2.05, 4.69) is 59.5 Å². The fourth-order valence-corrected chi connectivity index (χ4v) is 1.94. The Kier molecular flexibility index (Phi) is 3.54. The van der Waals surface area contributed by atoms with E-state index < -0.39 is 0 Å². The summed E-state index contributed by atoms with van der Waals surface area (Å²) in [5, 5.41) is 10.1. The molecule has 2 aromatic rings. The molecule has 0 radical (unpaired) electrons. The Bertz CT molecular complexity index is 456. The zero-order chi connectivity index (χ0) is 12.3. The Morgan fingerprint density at radius 2 is 1.94 bits per heavy atom. The molecule has 90 valence electrons. The van der Waals surface area contributed by atoms with Gasteiger partial charge in [0.2, 0.25) is 0 Å². The number of rotatable bonds is 4. The Morgan fingerprint density at radius 1 is 1.24 bits per heavy atom. The van der Waals surface area contributed by atoms with E-state index in [-0.39, 0.29) is 0 Å². The maximum Gasteiger partial charge on any atom is 0.138 e. The molecule has 0 spiro atoms. The summed E-state index contributed by atoms with van der Waals surface area (Å²) < 4.78 is 0. The number of benzene rings is 1. The molecule has 4 nitrogen and oxygen atoms in total. The average Bonchev–Trinajstić information content (AvgIpc) is 2.77. The molecule has 2 N–H and O–H groups in total. The van der Waals surface area contributed by atoms with E-state index in [9.17, 15) is 0 Å². The lowest BCUT2D eigenvalue weighted by Gasteiger charge is -2.14. The summed E-state index contributed by atoms with van der Waals surface area (Å²) in [7, 11) is 0. The van der Waals surface area contributed by atoms with Crippen molar-refractivity contribution in [1.82, 2.24) is 20.5 Å². The van der Waals surface area contributed by atoms with E-state index >= 15 is 0 Å². The van der Waals surface area contributed by atoms with Gasteiger partial charge in [-0.05, 0) is 26.3 Å². The Morgan fingerprint density at radius 3 is 2.53 bits per heavy atom. The predicted octanol–water partition coefficient (Wildman–Crippen LogP) is 2.27. The number of H-pyrrole nitrogens is 1. The van der Waals surface area contributed by atoms with Crippen molar-refractivity contribution in [2.75, 3.05) is 0 Å². The lowest BCUT2D eigenvalue weighted by molar-refractivity contribution is 0.560. The quantitative estimate of drug-likeness (QED) is 0.847. The van der Waals surface area contributed by atoms with Crippen molar-refractivity contribution >= 4 is 0 Å². The smallest absolute Gasteiger partial charge is 0.138 e. The Labute approximate surface area is 101 Å². The molecule has 0 fully saturated rings. The van der Waals surface area contributed by atoms with Gasteiger partial charge in [0.25, 0.3) is 0 Å². The molecule has 17 heavy (non-hydrogen) atoms. The highest BCUT2D eigenvalue weighted by Gasteiger charge is 2.06. The molecule has 0 saturated carbocycles. The summed E-state index contributed by atoms with van der Waals surface area (Å²) in [4.78, 5) is 4.09. The number of hydrogen-bond donors (Lipinski definition) is 2. The molecule has 0 aliphatic heterocycles. The second-order valence-corrected chi connectivity index (χ2v) is 4.46. The van der Waals surface area contributed by atoms with Crippen LogP contribution >= 0.6 is 0 Å². The molecule has 0 aliphatic rings. The maximum atomic E-state index is 4.09. The van der Waals surface area contributed by atoms with E-state index in [1.807, 2.05) is 0 Å². The summed E-state index contributed by atoms with van der Waals surface area (Å²) in [6.07, 6.45) is 1.53. The molecule has 1 atom stereocenters. The molecular weight excluding hydrogens is 212 g/mol. The summed E-state index contributed by atoms with van der Waals surface area (Å²) in [5.74, 6) is 0.862. The SMILES string of the molecule is Cc1cc(C)cc(C(C)NCc2ncn[nH]2)c1. The largest absolute Gasteiger partial charge is 0.303 e. The fraction of sp³-hybridized carbons (Fsp3) is 0.385. The van der Waals surface area contributed by atoms with Gasteiger partial charge in [-0.3, -0.25) is 5.10 Å². The van der Waals surface area contributed by atoms with E-state index in [1.165, 1.54) is 23.0 Å². The van der Waals surface area contributed by atoms with Crippen LogP contribution in [0.1, 0.15) is 35.5 Å². The van der Waals surface area contributed by atoms with Crippen molar-refractivity contribution < 1.29 is 0 Å². The first kappa shape index (κ1) is 11.8. The third-order valence-corrected chi connectivity index (χ3v) is 2.78. The summed E-state index contributed by atoms with van der Waals surface area (Å²) in [5.41, 5.74) is 3.91. The minimum Gasteiger partial charge on any atom is -0.303 e. The van der Waals surface area contributed by atoms with Crippen LogP contribution in [0.25, 0.3) is 0 Å². The second-order valence-electron chi connectivity index (χ2n) is 4.46. The fourth-order valence-electron chi connectivity index (χ4n) is 1.94. The van der Waals surface area contributed by atoms with Crippen LogP contribution in [0.2, 0.25) is 0 Å². The first-order valence-corrected chi connectivity index (χ1v) is 5.81. The van der Waals surface area contributed by atoms with Crippen LogP contribution in [0.15, 0.2) is 24.5 Å². The van der Waals surface area contributed by atoms with Gasteiger partial charge in [-0.25, -0.2) is 4.98 Å². The number of aromatic nitrogens is 3. The summed E-state index contributed by atoms with van der Waals surface area (Å²) in [6, 6.07) is 6.92. The average molecular weight is 230 g/mol. The molecule has 4 heteroatoms. The van der Waals surface area contributed by atoms with Crippen LogP contribution in [0.3, 0.4) is 0 Å². The Hall–Kier alpha value is -1.68. The van der Waals surface area contributed by atoms with Gasteiger partial charge in [-0.15, -0.1) is 0 Å². The number of nitrogens with one attached hydrogen (secondary N) is 2. The van der Waals surface area contributed by atoms with Gasteiger partial charge in [0.15, 0.2) is 0 Å². The Balaban J connectivity index is 2.01. The van der Waals surface area contributed by atoms with E-state index in [0.717, 1.165) is 5.82 Å². The van der Waals surface area contributed by atoms with E-state index in [1.54, 1.807) is 0 Å². The molecular formula is C13H18N4. The van der Waals surface area contributed by atoms with Crippen molar-refractivity contribution in [3.63, 3.8) is 0 Å². The zero-order valence-electron chi connectivity index (χ0n) is 10.5. The maximum absolute atomic E-state index is 4.09. The number of nitrogens with zero attached hydrogens (tertiary/aromatic N) is 2. The lowest BCUT2D eigenvalue weighted by atomic mass is 10.0. The van der Waals surface area contributed by atoms with Gasteiger partial charge in [-0.1, -0.05) is 29.3 Å². The van der Waals surface area contributed by atoms with Crippen molar-refractivity contribution in [2.45, 2.75) is 33.4 Å². The van der Waals surface area contributed by atoms with Crippen molar-refractivity contribution in [2.24, 2.45) is 0 Å². The normalized spacial score (nSPS) is 12.6. The molecule has 2 rings (SSSR count). The standard InChI is InChI=1S/C13H18N4/c1-9-4-10(2)6-12(5-9)11(3)14-7-13-15-8-16-17-13/h4-6,8,11,14H,7H2,1-3H3,(H,15,16,17). The zero-order valence-corrected chi connectivity index (χ0v) is 10.5. The van der Waals surface area contributed by atoms with Crippen molar-refractivity contribution in [1.29, 1.82) is 0 Å². The van der Waals surface area contributed by atoms with Gasteiger partial charge in [-0.2, -0.15) is 5.10 Å². The van der Waals surface area contributed by atoms with Crippen LogP contribution < -0.4 is 5.32 Å². The van der Waals surface area contributed by atoms with Crippen LogP contribution in [0.4, 0.5) is 0 Å². The van der Waals surface area contributed by atoms with Crippen molar-refractivity contribution in [3.8, 4) is 0 Å². The molecule has 0 amide bonds. The van der Waals surface area contributed by atoms with Crippen molar-refractivity contribution in [3.05, 3.63) is 47.0 Å². The molecule has 0 saturated heterocycles. The molecule has 1 unspecified atom stereocenters. The lowest BCUT2D eigenvalue weighted by Crippen LogP contribution is -2.19. The number of hydrogen-bond acceptors (Lipinski definition) is 3. The van der Waals surface area contributed by atoms with Crippen LogP contribution in [0.5, 0.6) is 0 Å². The molecule has 0 aliphatic carbocycles. The first-order valence-electron chi connectivity index (χ1n) is 5.81. The highest BCUT2D eigenvalue weighted by molar-refractivity contribution is 5.30. The van der Waals surface area contributed by atoms with Gasteiger partial charge < -0.3 is 5.32 Å². The van der Waals surface area contributed by atoms with Gasteiger partial charge in [0.05, 0.1) is 6.54 Å². The third kappa shape index (κ3) is 3.14.